The Morgan fingerprint density at radius 3 is 2.74 bits per heavy atom. The lowest BCUT2D eigenvalue weighted by atomic mass is 9.74. The van der Waals surface area contributed by atoms with Gasteiger partial charge >= 0.3 is 0 Å². The van der Waals surface area contributed by atoms with Gasteiger partial charge in [-0.2, -0.15) is 0 Å². The van der Waals surface area contributed by atoms with Gasteiger partial charge in [-0.3, -0.25) is 4.79 Å². The summed E-state index contributed by atoms with van der Waals surface area (Å²) in [6.45, 7) is 1.80. The van der Waals surface area contributed by atoms with Gasteiger partial charge in [-0.25, -0.2) is 19.9 Å². The Morgan fingerprint density at radius 1 is 1.18 bits per heavy atom. The number of piperidine rings is 1. The van der Waals surface area contributed by atoms with E-state index in [0.717, 1.165) is 43.1 Å². The van der Waals surface area contributed by atoms with Crippen LogP contribution in [0.4, 0.5) is 5.82 Å². The van der Waals surface area contributed by atoms with Crippen molar-refractivity contribution in [1.29, 1.82) is 0 Å². The molecule has 0 saturated carbocycles. The molecule has 3 aromatic heterocycles. The number of anilines is 1. The number of fused-ring (bicyclic) bond motifs is 2. The van der Waals surface area contributed by atoms with Crippen molar-refractivity contribution in [2.24, 2.45) is 18.2 Å². The largest absolute Gasteiger partial charge is 0.355 e. The Morgan fingerprint density at radius 2 is 2.00 bits per heavy atom. The SMILES string of the molecule is Cn1cnc2ccc(Sc3cnc(N4CCC5(CC4)Cc4ncsc4[C@H]5N)cn3)c(Cl)c2c1=O. The molecule has 1 spiro atoms. The first kappa shape index (κ1) is 22.0. The zero-order valence-corrected chi connectivity index (χ0v) is 20.8. The molecule has 1 aromatic carbocycles. The maximum atomic E-state index is 12.5. The Balaban J connectivity index is 1.17. The number of aromatic nitrogens is 5. The van der Waals surface area contributed by atoms with Crippen molar-refractivity contribution in [1.82, 2.24) is 24.5 Å². The molecule has 4 heterocycles. The molecule has 0 radical (unpaired) electrons. The molecule has 4 aromatic rings. The molecule has 1 atom stereocenters. The summed E-state index contributed by atoms with van der Waals surface area (Å²) in [5.41, 5.74) is 10.2. The molecular formula is C23H22ClN7OS2. The minimum Gasteiger partial charge on any atom is -0.355 e. The Labute approximate surface area is 209 Å². The van der Waals surface area contributed by atoms with Crippen LogP contribution in [0.15, 0.2) is 51.1 Å². The number of nitrogens with zero attached hydrogens (tertiary/aromatic N) is 6. The minimum atomic E-state index is -0.172. The summed E-state index contributed by atoms with van der Waals surface area (Å²) in [5, 5.41) is 1.52. The molecule has 0 bridgehead atoms. The first-order valence-corrected chi connectivity index (χ1v) is 13.1. The normalized spacial score (nSPS) is 19.1. The van der Waals surface area contributed by atoms with Gasteiger partial charge in [-0.05, 0) is 36.8 Å². The van der Waals surface area contributed by atoms with E-state index >= 15 is 0 Å². The Kier molecular flexibility index (Phi) is 5.36. The Bertz CT molecular complexity index is 1440. The molecule has 1 saturated heterocycles. The molecule has 11 heteroatoms. The highest BCUT2D eigenvalue weighted by Gasteiger charge is 2.47. The van der Waals surface area contributed by atoms with Gasteiger partial charge in [0.1, 0.15) is 10.8 Å². The molecule has 34 heavy (non-hydrogen) atoms. The smallest absolute Gasteiger partial charge is 0.262 e. The van der Waals surface area contributed by atoms with Crippen LogP contribution in [0.5, 0.6) is 0 Å². The molecule has 0 unspecified atom stereocenters. The van der Waals surface area contributed by atoms with Gasteiger partial charge in [0.05, 0.1) is 45.9 Å². The van der Waals surface area contributed by atoms with Crippen LogP contribution in [0.2, 0.25) is 5.02 Å². The van der Waals surface area contributed by atoms with Crippen LogP contribution in [0.3, 0.4) is 0 Å². The van der Waals surface area contributed by atoms with Crippen LogP contribution in [-0.4, -0.2) is 37.6 Å². The highest BCUT2D eigenvalue weighted by Crippen LogP contribution is 2.51. The number of benzene rings is 1. The average molecular weight is 512 g/mol. The predicted octanol–water partition coefficient (Wildman–Crippen LogP) is 3.83. The van der Waals surface area contributed by atoms with Crippen LogP contribution >= 0.6 is 34.7 Å². The number of hydrogen-bond donors (Lipinski definition) is 1. The fourth-order valence-electron chi connectivity index (χ4n) is 5.01. The number of thiazole rings is 1. The van der Waals surface area contributed by atoms with Crippen molar-refractivity contribution in [3.8, 4) is 0 Å². The quantitative estimate of drug-likeness (QED) is 0.442. The van der Waals surface area contributed by atoms with Gasteiger partial charge in [0, 0.05) is 36.0 Å². The van der Waals surface area contributed by atoms with E-state index in [9.17, 15) is 4.79 Å². The van der Waals surface area contributed by atoms with Crippen LogP contribution in [0, 0.1) is 5.41 Å². The molecule has 1 aliphatic heterocycles. The second-order valence-electron chi connectivity index (χ2n) is 8.91. The standard InChI is InChI=1S/C23H22ClN7OS2/c1-30-11-28-13-2-3-15(19(24)18(13)22(30)32)34-17-10-26-16(9-27-17)31-6-4-23(5-7-31)8-14-20(21(23)25)33-12-29-14/h2-3,9-12,21H,4-8,25H2,1H3/t21-/m1/s1. The molecule has 0 amide bonds. The number of aryl methyl sites for hydroxylation is 1. The molecule has 2 N–H and O–H groups in total. The van der Waals surface area contributed by atoms with Gasteiger partial charge in [-0.15, -0.1) is 11.3 Å². The highest BCUT2D eigenvalue weighted by atomic mass is 35.5. The van der Waals surface area contributed by atoms with E-state index in [1.165, 1.54) is 33.2 Å². The third kappa shape index (κ3) is 3.51. The van der Waals surface area contributed by atoms with E-state index in [1.54, 1.807) is 30.6 Å². The molecule has 174 valence electrons. The van der Waals surface area contributed by atoms with Crippen molar-refractivity contribution in [3.63, 3.8) is 0 Å². The van der Waals surface area contributed by atoms with E-state index in [1.807, 2.05) is 17.8 Å². The van der Waals surface area contributed by atoms with E-state index < -0.39 is 0 Å². The van der Waals surface area contributed by atoms with Crippen LogP contribution in [0.25, 0.3) is 10.9 Å². The minimum absolute atomic E-state index is 0.0840. The van der Waals surface area contributed by atoms with E-state index in [2.05, 4.69) is 24.8 Å². The summed E-state index contributed by atoms with van der Waals surface area (Å²) in [5.74, 6) is 0.862. The molecule has 8 nitrogen and oxygen atoms in total. The zero-order valence-electron chi connectivity index (χ0n) is 18.4. The van der Waals surface area contributed by atoms with E-state index in [-0.39, 0.29) is 17.0 Å². The molecule has 2 aliphatic rings. The Hall–Kier alpha value is -2.53. The van der Waals surface area contributed by atoms with Crippen molar-refractivity contribution in [2.75, 3.05) is 18.0 Å². The topological polar surface area (TPSA) is 103 Å². The lowest BCUT2D eigenvalue weighted by Crippen LogP contribution is -2.44. The molecular weight excluding hydrogens is 490 g/mol. The fraction of sp³-hybridized carbons (Fsp3) is 0.348. The summed E-state index contributed by atoms with van der Waals surface area (Å²) in [7, 11) is 1.66. The van der Waals surface area contributed by atoms with Crippen molar-refractivity contribution < 1.29 is 0 Å². The summed E-state index contributed by atoms with van der Waals surface area (Å²) in [6.07, 6.45) is 8.08. The van der Waals surface area contributed by atoms with E-state index in [4.69, 9.17) is 17.3 Å². The summed E-state index contributed by atoms with van der Waals surface area (Å²) in [6, 6.07) is 3.75. The van der Waals surface area contributed by atoms with Crippen LogP contribution in [0.1, 0.15) is 29.5 Å². The van der Waals surface area contributed by atoms with E-state index in [0.29, 0.717) is 21.0 Å². The number of hydrogen-bond acceptors (Lipinski definition) is 9. The molecule has 1 aliphatic carbocycles. The van der Waals surface area contributed by atoms with Crippen molar-refractivity contribution in [3.05, 3.63) is 62.3 Å². The maximum Gasteiger partial charge on any atom is 0.262 e. The van der Waals surface area contributed by atoms with Crippen LogP contribution in [-0.2, 0) is 13.5 Å². The lowest BCUT2D eigenvalue weighted by Gasteiger charge is -2.42. The van der Waals surface area contributed by atoms with Gasteiger partial charge in [0.15, 0.2) is 0 Å². The number of halogens is 1. The summed E-state index contributed by atoms with van der Waals surface area (Å²) in [4.78, 5) is 34.9. The third-order valence-corrected chi connectivity index (χ3v) is 9.47. The highest BCUT2D eigenvalue weighted by molar-refractivity contribution is 7.99. The molecule has 1 fully saturated rings. The van der Waals surface area contributed by atoms with Crippen molar-refractivity contribution >= 4 is 51.4 Å². The van der Waals surface area contributed by atoms with Gasteiger partial charge < -0.3 is 15.2 Å². The second kappa shape index (κ2) is 8.30. The third-order valence-electron chi connectivity index (χ3n) is 7.04. The van der Waals surface area contributed by atoms with Gasteiger partial charge in [0.2, 0.25) is 0 Å². The fourth-order valence-corrected chi connectivity index (χ4v) is 7.08. The summed E-state index contributed by atoms with van der Waals surface area (Å²) >= 11 is 9.64. The first-order chi connectivity index (χ1) is 16.4. The lowest BCUT2D eigenvalue weighted by molar-refractivity contribution is 0.187. The monoisotopic (exact) mass is 511 g/mol. The summed E-state index contributed by atoms with van der Waals surface area (Å²) < 4.78 is 1.42. The van der Waals surface area contributed by atoms with Gasteiger partial charge in [0.25, 0.3) is 5.56 Å². The van der Waals surface area contributed by atoms with Gasteiger partial charge in [-0.1, -0.05) is 23.4 Å². The molecule has 6 rings (SSSR count). The maximum absolute atomic E-state index is 12.5. The second-order valence-corrected chi connectivity index (χ2v) is 11.2. The first-order valence-electron chi connectivity index (χ1n) is 11.0. The number of rotatable bonds is 3. The van der Waals surface area contributed by atoms with Crippen molar-refractivity contribution in [2.45, 2.75) is 35.2 Å². The predicted molar refractivity (Wildman–Crippen MR) is 135 cm³/mol. The van der Waals surface area contributed by atoms with Crippen LogP contribution < -0.4 is 16.2 Å². The average Bonchev–Trinajstić information content (AvgIpc) is 3.40. The zero-order chi connectivity index (χ0) is 23.4. The number of nitrogens with two attached hydrogens (primary N) is 1.